The van der Waals surface area contributed by atoms with Crippen LogP contribution in [-0.4, -0.2) is 5.50 Å². The van der Waals surface area contributed by atoms with E-state index < -0.39 is 0 Å². The lowest BCUT2D eigenvalue weighted by Crippen LogP contribution is -2.26. The van der Waals surface area contributed by atoms with Gasteiger partial charge >= 0.3 is 0 Å². The largest absolute Gasteiger partial charge is 0.326 e. The third-order valence-electron chi connectivity index (χ3n) is 0.662. The molecule has 2 N–H and O–H groups in total. The predicted octanol–water partition coefficient (Wildman–Crippen LogP) is 0.935. The molecule has 1 aliphatic rings. The number of hydrazine groups is 1. The van der Waals surface area contributed by atoms with Crippen LogP contribution >= 0.6 is 34.2 Å². The van der Waals surface area contributed by atoms with Gasteiger partial charge in [-0.05, 0) is 22.6 Å². The number of alkyl halides is 1. The first-order chi connectivity index (χ1) is 3.30. The van der Waals surface area contributed by atoms with Crippen molar-refractivity contribution in [1.29, 1.82) is 0 Å². The number of halogens is 2. The Morgan fingerprint density at radius 1 is 1.86 bits per heavy atom. The molecule has 40 valence electrons. The van der Waals surface area contributed by atoms with Gasteiger partial charge in [0.1, 0.15) is 5.50 Å². The molecule has 1 heterocycles. The Labute approximate surface area is 60.4 Å². The first kappa shape index (κ1) is 5.65. The molecule has 0 bridgehead atoms. The Morgan fingerprint density at radius 2 is 2.57 bits per heavy atom. The molecule has 4 heteroatoms. The fourth-order valence-electron chi connectivity index (χ4n) is 0.326. The average Bonchev–Trinajstić information content (AvgIpc) is 1.91. The number of hydrogen-bond donors (Lipinski definition) is 2. The van der Waals surface area contributed by atoms with E-state index in [2.05, 4.69) is 33.4 Å². The molecule has 0 aromatic heterocycles. The van der Waals surface area contributed by atoms with E-state index in [0.717, 1.165) is 3.58 Å². The summed E-state index contributed by atoms with van der Waals surface area (Å²) in [5.41, 5.74) is 5.53. The highest BCUT2D eigenvalue weighted by Crippen LogP contribution is 2.15. The minimum Gasteiger partial charge on any atom is -0.326 e. The molecule has 0 fully saturated rings. The molecular formula is C3H4ClIN2. The van der Waals surface area contributed by atoms with E-state index in [-0.39, 0.29) is 5.50 Å². The molecule has 0 aromatic rings. The van der Waals surface area contributed by atoms with E-state index >= 15 is 0 Å². The van der Waals surface area contributed by atoms with Crippen LogP contribution in [0.3, 0.4) is 0 Å². The molecule has 7 heavy (non-hydrogen) atoms. The SMILES string of the molecule is ClC1NNC=C1I. The van der Waals surface area contributed by atoms with Gasteiger partial charge in [0.25, 0.3) is 0 Å². The van der Waals surface area contributed by atoms with Crippen LogP contribution in [0.25, 0.3) is 0 Å². The minimum absolute atomic E-state index is 0.0272. The fourth-order valence-corrected chi connectivity index (χ4v) is 0.763. The van der Waals surface area contributed by atoms with Crippen LogP contribution in [0, 0.1) is 0 Å². The highest BCUT2D eigenvalue weighted by molar-refractivity contribution is 14.1. The Balaban J connectivity index is 2.54. The molecule has 0 aliphatic carbocycles. The van der Waals surface area contributed by atoms with Gasteiger partial charge < -0.3 is 5.43 Å². The molecule has 0 saturated carbocycles. The molecule has 1 aliphatic heterocycles. The van der Waals surface area contributed by atoms with Gasteiger partial charge in [0.15, 0.2) is 0 Å². The Hall–Kier alpha value is 0.520. The van der Waals surface area contributed by atoms with Crippen molar-refractivity contribution in [2.24, 2.45) is 0 Å². The van der Waals surface area contributed by atoms with Crippen molar-refractivity contribution in [3.63, 3.8) is 0 Å². The summed E-state index contributed by atoms with van der Waals surface area (Å²) in [4.78, 5) is 0. The van der Waals surface area contributed by atoms with Crippen molar-refractivity contribution >= 4 is 34.2 Å². The summed E-state index contributed by atoms with van der Waals surface area (Å²) in [5.74, 6) is 0. The van der Waals surface area contributed by atoms with Crippen molar-refractivity contribution in [1.82, 2.24) is 10.9 Å². The zero-order valence-electron chi connectivity index (χ0n) is 3.41. The number of hydrogen-bond acceptors (Lipinski definition) is 2. The van der Waals surface area contributed by atoms with E-state index in [0.29, 0.717) is 0 Å². The summed E-state index contributed by atoms with van der Waals surface area (Å²) in [7, 11) is 0. The summed E-state index contributed by atoms with van der Waals surface area (Å²) in [5, 5.41) is 0. The molecular weight excluding hydrogens is 226 g/mol. The lowest BCUT2D eigenvalue weighted by molar-refractivity contribution is 0.692. The Morgan fingerprint density at radius 3 is 2.71 bits per heavy atom. The topological polar surface area (TPSA) is 24.1 Å². The molecule has 0 radical (unpaired) electrons. The maximum absolute atomic E-state index is 5.61. The smallest absolute Gasteiger partial charge is 0.132 e. The molecule has 0 spiro atoms. The summed E-state index contributed by atoms with van der Waals surface area (Å²) in [6, 6.07) is 0. The van der Waals surface area contributed by atoms with Crippen LogP contribution in [0.4, 0.5) is 0 Å². The fraction of sp³-hybridized carbons (Fsp3) is 0.333. The zero-order valence-corrected chi connectivity index (χ0v) is 6.32. The van der Waals surface area contributed by atoms with E-state index in [1.54, 1.807) is 0 Å². The van der Waals surface area contributed by atoms with Crippen LogP contribution in [0.5, 0.6) is 0 Å². The molecule has 1 unspecified atom stereocenters. The molecule has 1 rings (SSSR count). The van der Waals surface area contributed by atoms with E-state index in [4.69, 9.17) is 11.6 Å². The van der Waals surface area contributed by atoms with Crippen LogP contribution in [0.2, 0.25) is 0 Å². The first-order valence-electron chi connectivity index (χ1n) is 1.81. The monoisotopic (exact) mass is 230 g/mol. The second kappa shape index (κ2) is 2.19. The molecule has 0 aromatic carbocycles. The third kappa shape index (κ3) is 1.20. The summed E-state index contributed by atoms with van der Waals surface area (Å²) < 4.78 is 1.10. The second-order valence-electron chi connectivity index (χ2n) is 1.18. The predicted molar refractivity (Wildman–Crippen MR) is 38.0 cm³/mol. The van der Waals surface area contributed by atoms with Crippen molar-refractivity contribution < 1.29 is 0 Å². The molecule has 0 saturated heterocycles. The second-order valence-corrected chi connectivity index (χ2v) is 2.86. The van der Waals surface area contributed by atoms with Crippen molar-refractivity contribution in [3.05, 3.63) is 9.78 Å². The van der Waals surface area contributed by atoms with Gasteiger partial charge in [0.2, 0.25) is 0 Å². The van der Waals surface area contributed by atoms with Crippen molar-refractivity contribution in [3.8, 4) is 0 Å². The van der Waals surface area contributed by atoms with E-state index in [9.17, 15) is 0 Å². The Kier molecular flexibility index (Phi) is 1.77. The van der Waals surface area contributed by atoms with Gasteiger partial charge in [-0.15, -0.1) is 0 Å². The van der Waals surface area contributed by atoms with Gasteiger partial charge in [-0.3, -0.25) is 0 Å². The molecule has 0 amide bonds. The maximum Gasteiger partial charge on any atom is 0.132 e. The third-order valence-corrected chi connectivity index (χ3v) is 2.31. The van der Waals surface area contributed by atoms with Gasteiger partial charge in [0.05, 0.1) is 0 Å². The van der Waals surface area contributed by atoms with Gasteiger partial charge in [-0.25, -0.2) is 5.43 Å². The first-order valence-corrected chi connectivity index (χ1v) is 3.33. The minimum atomic E-state index is -0.0272. The van der Waals surface area contributed by atoms with Crippen LogP contribution in [-0.2, 0) is 0 Å². The summed E-state index contributed by atoms with van der Waals surface area (Å²) in [6.07, 6.45) is 1.83. The zero-order chi connectivity index (χ0) is 5.28. The van der Waals surface area contributed by atoms with Crippen LogP contribution in [0.1, 0.15) is 0 Å². The van der Waals surface area contributed by atoms with E-state index in [1.165, 1.54) is 0 Å². The van der Waals surface area contributed by atoms with Gasteiger partial charge in [-0.2, -0.15) is 0 Å². The van der Waals surface area contributed by atoms with Gasteiger partial charge in [-0.1, -0.05) is 11.6 Å². The van der Waals surface area contributed by atoms with Gasteiger partial charge in [0, 0.05) is 9.78 Å². The lowest BCUT2D eigenvalue weighted by Gasteiger charge is -1.96. The van der Waals surface area contributed by atoms with E-state index in [1.807, 2.05) is 6.20 Å². The maximum atomic E-state index is 5.61. The highest BCUT2D eigenvalue weighted by atomic mass is 127. The molecule has 1 atom stereocenters. The van der Waals surface area contributed by atoms with Crippen molar-refractivity contribution in [2.75, 3.05) is 0 Å². The quantitative estimate of drug-likeness (QED) is 0.368. The summed E-state index contributed by atoms with van der Waals surface area (Å²) >= 11 is 7.78. The average molecular weight is 230 g/mol. The van der Waals surface area contributed by atoms with Crippen LogP contribution in [0.15, 0.2) is 9.78 Å². The number of rotatable bonds is 0. The van der Waals surface area contributed by atoms with Crippen LogP contribution < -0.4 is 10.9 Å². The standard InChI is InChI=1S/C3H4ClIN2/c4-3-2(5)1-6-7-3/h1,3,6-7H. The molecule has 2 nitrogen and oxygen atoms in total. The normalized spacial score (nSPS) is 29.4. The lowest BCUT2D eigenvalue weighted by atomic mass is 10.6. The van der Waals surface area contributed by atoms with Crippen molar-refractivity contribution in [2.45, 2.75) is 5.50 Å². The number of nitrogens with one attached hydrogen (secondary N) is 2. The summed E-state index contributed by atoms with van der Waals surface area (Å²) in [6.45, 7) is 0. The Bertz CT molecular complexity index is 103. The highest BCUT2D eigenvalue weighted by Gasteiger charge is 2.10.